The van der Waals surface area contributed by atoms with Gasteiger partial charge in [0, 0.05) is 26.7 Å². The first-order chi connectivity index (χ1) is 7.13. The van der Waals surface area contributed by atoms with Crippen molar-refractivity contribution in [3.8, 4) is 0 Å². The van der Waals surface area contributed by atoms with Crippen LogP contribution in [-0.2, 0) is 4.74 Å². The summed E-state index contributed by atoms with van der Waals surface area (Å²) in [7, 11) is 3.77. The highest BCUT2D eigenvalue weighted by molar-refractivity contribution is 7.80. The van der Waals surface area contributed by atoms with Gasteiger partial charge in [-0.05, 0) is 37.9 Å². The lowest BCUT2D eigenvalue weighted by molar-refractivity contribution is 0.177. The van der Waals surface area contributed by atoms with E-state index in [4.69, 9.17) is 17.0 Å². The number of nitrogens with zero attached hydrogens (tertiary/aromatic N) is 1. The number of nitrogens with one attached hydrogen (secondary N) is 1. The Morgan fingerprint density at radius 1 is 1.60 bits per heavy atom. The highest BCUT2D eigenvalue weighted by Crippen LogP contribution is 2.26. The molecule has 0 radical (unpaired) electrons. The van der Waals surface area contributed by atoms with Crippen LogP contribution in [0.3, 0.4) is 0 Å². The van der Waals surface area contributed by atoms with Gasteiger partial charge in [0.25, 0.3) is 0 Å². The lowest BCUT2D eigenvalue weighted by atomic mass is 9.85. The third kappa shape index (κ3) is 4.34. The molecule has 1 N–H and O–H groups in total. The quantitative estimate of drug-likeness (QED) is 0.726. The summed E-state index contributed by atoms with van der Waals surface area (Å²) in [6.45, 7) is 3.86. The molecule has 0 aromatic carbocycles. The largest absolute Gasteiger partial charge is 0.383 e. The van der Waals surface area contributed by atoms with Gasteiger partial charge in [-0.15, -0.1) is 0 Å². The van der Waals surface area contributed by atoms with Crippen LogP contribution in [0.5, 0.6) is 0 Å². The maximum Gasteiger partial charge on any atom is 0.168 e. The van der Waals surface area contributed by atoms with Gasteiger partial charge in [-0.25, -0.2) is 0 Å². The molecule has 0 bridgehead atoms. The van der Waals surface area contributed by atoms with Crippen molar-refractivity contribution >= 4 is 17.3 Å². The van der Waals surface area contributed by atoms with Gasteiger partial charge in [-0.1, -0.05) is 6.42 Å². The third-order valence-electron chi connectivity index (χ3n) is 2.89. The van der Waals surface area contributed by atoms with Crippen molar-refractivity contribution in [2.24, 2.45) is 5.92 Å². The van der Waals surface area contributed by atoms with Crippen LogP contribution in [-0.4, -0.2) is 43.4 Å². The van der Waals surface area contributed by atoms with Crippen molar-refractivity contribution < 1.29 is 4.74 Å². The second-order valence-corrected chi connectivity index (χ2v) is 4.87. The highest BCUT2D eigenvalue weighted by Gasteiger charge is 2.20. The minimum atomic E-state index is 0.284. The van der Waals surface area contributed by atoms with Crippen LogP contribution in [0.25, 0.3) is 0 Å². The monoisotopic (exact) mass is 230 g/mol. The number of methoxy groups -OCH3 is 1. The Morgan fingerprint density at radius 3 is 2.73 bits per heavy atom. The van der Waals surface area contributed by atoms with Crippen LogP contribution < -0.4 is 5.32 Å². The molecule has 0 aromatic rings. The molecule has 1 aliphatic carbocycles. The molecule has 15 heavy (non-hydrogen) atoms. The van der Waals surface area contributed by atoms with Gasteiger partial charge in [0.05, 0.1) is 6.61 Å². The molecular formula is C11H22N2OS. The van der Waals surface area contributed by atoms with E-state index in [1.54, 1.807) is 7.11 Å². The van der Waals surface area contributed by atoms with E-state index in [1.807, 2.05) is 0 Å². The highest BCUT2D eigenvalue weighted by atomic mass is 32.1. The predicted molar refractivity (Wildman–Crippen MR) is 67.0 cm³/mol. The normalized spacial score (nSPS) is 18.1. The molecule has 0 heterocycles. The molecule has 0 aliphatic heterocycles. The SMILES string of the molecule is COCC(C)NC(=S)N(C)CC1CCC1. The summed E-state index contributed by atoms with van der Waals surface area (Å²) < 4.78 is 5.06. The Labute approximate surface area is 98.2 Å². The van der Waals surface area contributed by atoms with E-state index in [9.17, 15) is 0 Å². The topological polar surface area (TPSA) is 24.5 Å². The fraction of sp³-hybridized carbons (Fsp3) is 0.909. The lowest BCUT2D eigenvalue weighted by Crippen LogP contribution is -2.45. The molecule has 88 valence electrons. The molecule has 3 nitrogen and oxygen atoms in total. The van der Waals surface area contributed by atoms with Crippen molar-refractivity contribution in [1.82, 2.24) is 10.2 Å². The molecule has 1 aliphatic rings. The van der Waals surface area contributed by atoms with E-state index in [0.29, 0.717) is 6.61 Å². The second kappa shape index (κ2) is 6.28. The summed E-state index contributed by atoms with van der Waals surface area (Å²) in [5.74, 6) is 0.854. The third-order valence-corrected chi connectivity index (χ3v) is 3.32. The van der Waals surface area contributed by atoms with Gasteiger partial charge in [0.15, 0.2) is 5.11 Å². The Kier molecular flexibility index (Phi) is 5.32. The van der Waals surface area contributed by atoms with Gasteiger partial charge in [-0.2, -0.15) is 0 Å². The molecule has 4 heteroatoms. The number of rotatable bonds is 5. The molecule has 0 saturated heterocycles. The second-order valence-electron chi connectivity index (χ2n) is 4.48. The van der Waals surface area contributed by atoms with Crippen molar-refractivity contribution in [3.05, 3.63) is 0 Å². The van der Waals surface area contributed by atoms with E-state index < -0.39 is 0 Å². The smallest absolute Gasteiger partial charge is 0.168 e. The maximum absolute atomic E-state index is 5.32. The molecule has 1 fully saturated rings. The minimum Gasteiger partial charge on any atom is -0.383 e. The van der Waals surface area contributed by atoms with Gasteiger partial charge >= 0.3 is 0 Å². The molecular weight excluding hydrogens is 208 g/mol. The molecule has 0 aromatic heterocycles. The van der Waals surface area contributed by atoms with Gasteiger partial charge in [0.2, 0.25) is 0 Å². The molecule has 1 atom stereocenters. The summed E-state index contributed by atoms with van der Waals surface area (Å²) in [6, 6.07) is 0.284. The first-order valence-corrected chi connectivity index (χ1v) is 6.05. The van der Waals surface area contributed by atoms with Crippen LogP contribution >= 0.6 is 12.2 Å². The Bertz CT molecular complexity index is 207. The van der Waals surface area contributed by atoms with Crippen LogP contribution in [0.15, 0.2) is 0 Å². The van der Waals surface area contributed by atoms with E-state index >= 15 is 0 Å². The summed E-state index contributed by atoms with van der Waals surface area (Å²) in [5, 5.41) is 4.11. The van der Waals surface area contributed by atoms with Crippen LogP contribution in [0.4, 0.5) is 0 Å². The van der Waals surface area contributed by atoms with Gasteiger partial charge in [0.1, 0.15) is 0 Å². The van der Waals surface area contributed by atoms with Crippen molar-refractivity contribution in [2.45, 2.75) is 32.2 Å². The average Bonchev–Trinajstić information content (AvgIpc) is 2.11. The van der Waals surface area contributed by atoms with Crippen LogP contribution in [0.1, 0.15) is 26.2 Å². The van der Waals surface area contributed by atoms with Gasteiger partial charge < -0.3 is 15.0 Å². The number of hydrogen-bond donors (Lipinski definition) is 1. The number of thiocarbonyl (C=S) groups is 1. The first kappa shape index (κ1) is 12.7. The molecule has 0 amide bonds. The van der Waals surface area contributed by atoms with E-state index in [-0.39, 0.29) is 6.04 Å². The Hall–Kier alpha value is -0.350. The zero-order chi connectivity index (χ0) is 11.3. The molecule has 1 saturated carbocycles. The van der Waals surface area contributed by atoms with Crippen molar-refractivity contribution in [2.75, 3.05) is 27.3 Å². The molecule has 1 unspecified atom stereocenters. The molecule has 1 rings (SSSR count). The van der Waals surface area contributed by atoms with Crippen LogP contribution in [0.2, 0.25) is 0 Å². The average molecular weight is 230 g/mol. The summed E-state index contributed by atoms with van der Waals surface area (Å²) >= 11 is 5.32. The maximum atomic E-state index is 5.32. The Morgan fingerprint density at radius 2 is 2.27 bits per heavy atom. The van der Waals surface area contributed by atoms with Gasteiger partial charge in [-0.3, -0.25) is 0 Å². The minimum absolute atomic E-state index is 0.284. The zero-order valence-corrected chi connectivity index (χ0v) is 10.8. The lowest BCUT2D eigenvalue weighted by Gasteiger charge is -2.32. The zero-order valence-electron chi connectivity index (χ0n) is 9.95. The Balaban J connectivity index is 2.19. The van der Waals surface area contributed by atoms with Crippen molar-refractivity contribution in [1.29, 1.82) is 0 Å². The van der Waals surface area contributed by atoms with E-state index in [2.05, 4.69) is 24.2 Å². The van der Waals surface area contributed by atoms with Crippen LogP contribution in [0, 0.1) is 5.92 Å². The number of hydrogen-bond acceptors (Lipinski definition) is 2. The summed E-state index contributed by atoms with van der Waals surface area (Å²) in [6.07, 6.45) is 4.11. The summed E-state index contributed by atoms with van der Waals surface area (Å²) in [5.41, 5.74) is 0. The fourth-order valence-electron chi connectivity index (χ4n) is 1.76. The standard InChI is InChI=1S/C11H22N2OS/c1-9(8-14-3)12-11(15)13(2)7-10-5-4-6-10/h9-10H,4-8H2,1-3H3,(H,12,15). The fourth-order valence-corrected chi connectivity index (χ4v) is 2.03. The first-order valence-electron chi connectivity index (χ1n) is 5.64. The predicted octanol–water partition coefficient (Wildman–Crippen LogP) is 1.63. The van der Waals surface area contributed by atoms with Crippen molar-refractivity contribution in [3.63, 3.8) is 0 Å². The number of ether oxygens (including phenoxy) is 1. The van der Waals surface area contributed by atoms with E-state index in [1.165, 1.54) is 19.3 Å². The molecule has 0 spiro atoms. The summed E-state index contributed by atoms with van der Waals surface area (Å²) in [4.78, 5) is 2.14. The van der Waals surface area contributed by atoms with E-state index in [0.717, 1.165) is 17.6 Å².